The third kappa shape index (κ3) is 5.84. The molecule has 0 aliphatic rings. The second-order valence-corrected chi connectivity index (χ2v) is 5.86. The first kappa shape index (κ1) is 16.9. The molecule has 0 radical (unpaired) electrons. The fourth-order valence-corrected chi connectivity index (χ4v) is 1.76. The molecule has 0 spiro atoms. The van der Waals surface area contributed by atoms with Gasteiger partial charge >= 0.3 is 0 Å². The van der Waals surface area contributed by atoms with Crippen LogP contribution in [-0.4, -0.2) is 37.3 Å². The summed E-state index contributed by atoms with van der Waals surface area (Å²) in [6.07, 6.45) is 1.26. The lowest BCUT2D eigenvalue weighted by Gasteiger charge is -2.24. The zero-order valence-electron chi connectivity index (χ0n) is 13.2. The first-order valence-corrected chi connectivity index (χ1v) is 7.02. The molecule has 4 nitrogen and oxygen atoms in total. The number of hydrogen-bond acceptors (Lipinski definition) is 4. The molecule has 0 saturated heterocycles. The molecule has 1 aromatic heterocycles. The molecule has 1 N–H and O–H groups in total. The summed E-state index contributed by atoms with van der Waals surface area (Å²) in [6.45, 7) is 10.9. The van der Waals surface area contributed by atoms with E-state index in [1.165, 1.54) is 12.3 Å². The highest BCUT2D eigenvalue weighted by Crippen LogP contribution is 2.18. The molecule has 20 heavy (non-hydrogen) atoms. The van der Waals surface area contributed by atoms with Gasteiger partial charge in [-0.3, -0.25) is 0 Å². The highest BCUT2D eigenvalue weighted by Gasteiger charge is 2.14. The van der Waals surface area contributed by atoms with Gasteiger partial charge in [0, 0.05) is 37.8 Å². The fraction of sp³-hybridized carbons (Fsp3) is 0.667. The van der Waals surface area contributed by atoms with Crippen LogP contribution in [0.3, 0.4) is 0 Å². The third-order valence-electron chi connectivity index (χ3n) is 2.86. The van der Waals surface area contributed by atoms with E-state index in [9.17, 15) is 4.39 Å². The van der Waals surface area contributed by atoms with Gasteiger partial charge in [0.15, 0.2) is 0 Å². The van der Waals surface area contributed by atoms with Crippen LogP contribution >= 0.6 is 0 Å². The minimum atomic E-state index is -0.308. The molecule has 1 heterocycles. The van der Waals surface area contributed by atoms with Crippen molar-refractivity contribution in [2.24, 2.45) is 0 Å². The third-order valence-corrected chi connectivity index (χ3v) is 2.86. The van der Waals surface area contributed by atoms with Crippen molar-refractivity contribution in [2.45, 2.75) is 39.8 Å². The van der Waals surface area contributed by atoms with Gasteiger partial charge in [0.05, 0.1) is 12.8 Å². The van der Waals surface area contributed by atoms with Gasteiger partial charge in [-0.25, -0.2) is 9.37 Å². The number of ether oxygens (including phenoxy) is 1. The number of halogens is 1. The molecule has 0 aliphatic heterocycles. The molecule has 0 aliphatic carbocycles. The maximum Gasteiger partial charge on any atom is 0.141 e. The standard InChI is InChI=1S/C15H26FN3O/c1-6-20-8-7-19(5)14-12(9-13(16)11-17-14)10-18-15(2,3)4/h9,11,18H,6-8,10H2,1-5H3. The van der Waals surface area contributed by atoms with Crippen molar-refractivity contribution in [3.05, 3.63) is 23.6 Å². The first-order valence-electron chi connectivity index (χ1n) is 7.02. The molecule has 0 bridgehead atoms. The summed E-state index contributed by atoms with van der Waals surface area (Å²) in [5.41, 5.74) is 0.840. The van der Waals surface area contributed by atoms with E-state index in [4.69, 9.17) is 4.74 Å². The van der Waals surface area contributed by atoms with E-state index in [-0.39, 0.29) is 11.4 Å². The van der Waals surface area contributed by atoms with Crippen LogP contribution in [0.2, 0.25) is 0 Å². The van der Waals surface area contributed by atoms with Crippen molar-refractivity contribution in [2.75, 3.05) is 31.7 Å². The van der Waals surface area contributed by atoms with Crippen LogP contribution in [0.4, 0.5) is 10.2 Å². The van der Waals surface area contributed by atoms with Crippen molar-refractivity contribution < 1.29 is 9.13 Å². The quantitative estimate of drug-likeness (QED) is 0.781. The van der Waals surface area contributed by atoms with Crippen molar-refractivity contribution >= 4 is 5.82 Å². The summed E-state index contributed by atoms with van der Waals surface area (Å²) in [7, 11) is 1.94. The van der Waals surface area contributed by atoms with Crippen LogP contribution in [0.5, 0.6) is 0 Å². The summed E-state index contributed by atoms with van der Waals surface area (Å²) in [6, 6.07) is 1.54. The average Bonchev–Trinajstić information content (AvgIpc) is 2.35. The highest BCUT2D eigenvalue weighted by atomic mass is 19.1. The van der Waals surface area contributed by atoms with Crippen LogP contribution < -0.4 is 10.2 Å². The van der Waals surface area contributed by atoms with E-state index in [2.05, 4.69) is 31.1 Å². The summed E-state index contributed by atoms with van der Waals surface area (Å²) in [5.74, 6) is 0.487. The molecule has 0 aromatic carbocycles. The van der Waals surface area contributed by atoms with Crippen molar-refractivity contribution in [1.82, 2.24) is 10.3 Å². The van der Waals surface area contributed by atoms with Gasteiger partial charge in [0.25, 0.3) is 0 Å². The van der Waals surface area contributed by atoms with Crippen molar-refractivity contribution in [3.63, 3.8) is 0 Å². The van der Waals surface area contributed by atoms with Crippen LogP contribution in [0.15, 0.2) is 12.3 Å². The van der Waals surface area contributed by atoms with E-state index < -0.39 is 0 Å². The predicted octanol–water partition coefficient (Wildman–Crippen LogP) is 2.58. The molecule has 0 unspecified atom stereocenters. The van der Waals surface area contributed by atoms with Gasteiger partial charge in [0.2, 0.25) is 0 Å². The lowest BCUT2D eigenvalue weighted by molar-refractivity contribution is 0.154. The zero-order valence-corrected chi connectivity index (χ0v) is 13.2. The molecular formula is C15H26FN3O. The number of aromatic nitrogens is 1. The van der Waals surface area contributed by atoms with Crippen LogP contribution in [0.25, 0.3) is 0 Å². The largest absolute Gasteiger partial charge is 0.380 e. The van der Waals surface area contributed by atoms with Gasteiger partial charge in [-0.15, -0.1) is 0 Å². The summed E-state index contributed by atoms with van der Waals surface area (Å²) >= 11 is 0. The number of nitrogens with zero attached hydrogens (tertiary/aromatic N) is 2. The van der Waals surface area contributed by atoms with Crippen molar-refractivity contribution in [1.29, 1.82) is 0 Å². The van der Waals surface area contributed by atoms with E-state index in [0.717, 1.165) is 17.9 Å². The Labute approximate surface area is 121 Å². The van der Waals surface area contributed by atoms with Crippen molar-refractivity contribution in [3.8, 4) is 0 Å². The number of anilines is 1. The molecule has 0 fully saturated rings. The summed E-state index contributed by atoms with van der Waals surface area (Å²) in [4.78, 5) is 6.21. The Bertz CT molecular complexity index is 418. The Morgan fingerprint density at radius 1 is 1.40 bits per heavy atom. The zero-order chi connectivity index (χ0) is 15.2. The highest BCUT2D eigenvalue weighted by molar-refractivity contribution is 5.46. The van der Waals surface area contributed by atoms with Gasteiger partial charge in [-0.2, -0.15) is 0 Å². The van der Waals surface area contributed by atoms with Crippen LogP contribution in [0, 0.1) is 5.82 Å². The maximum absolute atomic E-state index is 13.4. The lowest BCUT2D eigenvalue weighted by atomic mass is 10.1. The fourth-order valence-electron chi connectivity index (χ4n) is 1.76. The van der Waals surface area contributed by atoms with Crippen LogP contribution in [0.1, 0.15) is 33.3 Å². The predicted molar refractivity (Wildman–Crippen MR) is 80.6 cm³/mol. The second-order valence-electron chi connectivity index (χ2n) is 5.86. The molecule has 1 aromatic rings. The van der Waals surface area contributed by atoms with E-state index in [1.807, 2.05) is 18.9 Å². The Hall–Kier alpha value is -1.20. The average molecular weight is 283 g/mol. The molecule has 0 atom stereocenters. The molecule has 0 amide bonds. The molecule has 1 rings (SSSR count). The summed E-state index contributed by atoms with van der Waals surface area (Å²) in [5, 5.41) is 3.36. The second kappa shape index (κ2) is 7.55. The Morgan fingerprint density at radius 3 is 2.70 bits per heavy atom. The summed E-state index contributed by atoms with van der Waals surface area (Å²) < 4.78 is 18.7. The first-order chi connectivity index (χ1) is 9.33. The normalized spacial score (nSPS) is 11.7. The maximum atomic E-state index is 13.4. The number of nitrogens with one attached hydrogen (secondary N) is 1. The molecular weight excluding hydrogens is 257 g/mol. The minimum absolute atomic E-state index is 0.0204. The van der Waals surface area contributed by atoms with Crippen LogP contribution in [-0.2, 0) is 11.3 Å². The van der Waals surface area contributed by atoms with Gasteiger partial charge in [-0.1, -0.05) is 0 Å². The Balaban J connectivity index is 2.78. The Kier molecular flexibility index (Phi) is 6.36. The SMILES string of the molecule is CCOCCN(C)c1ncc(F)cc1CNC(C)(C)C. The minimum Gasteiger partial charge on any atom is -0.380 e. The molecule has 5 heteroatoms. The Morgan fingerprint density at radius 2 is 2.10 bits per heavy atom. The smallest absolute Gasteiger partial charge is 0.141 e. The monoisotopic (exact) mass is 283 g/mol. The number of pyridine rings is 1. The van der Waals surface area contributed by atoms with Gasteiger partial charge < -0.3 is 15.0 Å². The number of hydrogen-bond donors (Lipinski definition) is 1. The van der Waals surface area contributed by atoms with Gasteiger partial charge in [0.1, 0.15) is 11.6 Å². The molecule has 114 valence electrons. The van der Waals surface area contributed by atoms with E-state index in [1.54, 1.807) is 0 Å². The number of likely N-dealkylation sites (N-methyl/N-ethyl adjacent to an activating group) is 1. The number of rotatable bonds is 7. The lowest BCUT2D eigenvalue weighted by Crippen LogP contribution is -2.36. The topological polar surface area (TPSA) is 37.4 Å². The van der Waals surface area contributed by atoms with E-state index >= 15 is 0 Å². The van der Waals surface area contributed by atoms with E-state index in [0.29, 0.717) is 19.8 Å². The molecule has 0 saturated carbocycles. The van der Waals surface area contributed by atoms with Gasteiger partial charge in [-0.05, 0) is 33.8 Å².